The van der Waals surface area contributed by atoms with Gasteiger partial charge in [0.05, 0.1) is 11.4 Å². The molecule has 2 nitrogen and oxygen atoms in total. The van der Waals surface area contributed by atoms with Gasteiger partial charge in [0.25, 0.3) is 0 Å². The molecule has 0 aromatic heterocycles. The molecule has 0 N–H and O–H groups in total. The monoisotopic (exact) mass is 310 g/mol. The Balaban J connectivity index is 2.02. The first kappa shape index (κ1) is 12.1. The van der Waals surface area contributed by atoms with Gasteiger partial charge in [-0.15, -0.1) is 5.11 Å². The maximum atomic E-state index is 4.35. The van der Waals surface area contributed by atoms with Gasteiger partial charge in [0, 0.05) is 10.0 Å². The molecule has 0 saturated carbocycles. The van der Waals surface area contributed by atoms with Crippen LogP contribution in [0.4, 0.5) is 11.4 Å². The van der Waals surface area contributed by atoms with Gasteiger partial charge < -0.3 is 0 Å². The smallest absolute Gasteiger partial charge is 0.0947 e. The van der Waals surface area contributed by atoms with Gasteiger partial charge in [0.15, 0.2) is 0 Å². The summed E-state index contributed by atoms with van der Waals surface area (Å²) in [5, 5.41) is 8.61. The van der Waals surface area contributed by atoms with Crippen molar-refractivity contribution in [1.29, 1.82) is 0 Å². The number of nitrogens with zero attached hydrogens (tertiary/aromatic N) is 2. The largest absolute Gasteiger partial charge is 0.151 e. The molecule has 2 aliphatic rings. The van der Waals surface area contributed by atoms with Crippen LogP contribution in [-0.4, -0.2) is 0 Å². The SMILES string of the molecule is Brc1cc(N=Nc2ccccc2)c2cccccc1-2. The number of hydrogen-bond donors (Lipinski definition) is 0. The summed E-state index contributed by atoms with van der Waals surface area (Å²) in [6.07, 6.45) is 0. The number of rotatable bonds is 2. The maximum Gasteiger partial charge on any atom is 0.0947 e. The second-order valence-corrected chi connectivity index (χ2v) is 5.01. The molecule has 3 heteroatoms. The summed E-state index contributed by atoms with van der Waals surface area (Å²) in [5.41, 5.74) is 3.97. The maximum absolute atomic E-state index is 4.35. The summed E-state index contributed by atoms with van der Waals surface area (Å²) in [6.45, 7) is 0. The Kier molecular flexibility index (Phi) is 3.38. The molecule has 92 valence electrons. The van der Waals surface area contributed by atoms with E-state index in [-0.39, 0.29) is 0 Å². The van der Waals surface area contributed by atoms with Crippen molar-refractivity contribution >= 4 is 27.3 Å². The minimum absolute atomic E-state index is 0.855. The highest BCUT2D eigenvalue weighted by atomic mass is 79.9. The Hall–Kier alpha value is -2.00. The minimum Gasteiger partial charge on any atom is -0.151 e. The van der Waals surface area contributed by atoms with Crippen molar-refractivity contribution in [2.24, 2.45) is 10.2 Å². The molecule has 0 heterocycles. The van der Waals surface area contributed by atoms with Crippen LogP contribution in [0.5, 0.6) is 0 Å². The van der Waals surface area contributed by atoms with Crippen molar-refractivity contribution < 1.29 is 0 Å². The number of benzene rings is 1. The predicted molar refractivity (Wildman–Crippen MR) is 81.4 cm³/mol. The van der Waals surface area contributed by atoms with E-state index in [4.69, 9.17) is 0 Å². The van der Waals surface area contributed by atoms with Crippen LogP contribution < -0.4 is 0 Å². The molecule has 0 radical (unpaired) electrons. The summed E-state index contributed by atoms with van der Waals surface area (Å²) in [4.78, 5) is 0. The van der Waals surface area contributed by atoms with Crippen molar-refractivity contribution in [1.82, 2.24) is 0 Å². The molecule has 2 aliphatic carbocycles. The topological polar surface area (TPSA) is 24.7 Å². The van der Waals surface area contributed by atoms with E-state index in [0.717, 1.165) is 27.0 Å². The number of hydrogen-bond acceptors (Lipinski definition) is 2. The highest BCUT2D eigenvalue weighted by Gasteiger charge is 2.12. The van der Waals surface area contributed by atoms with E-state index in [1.165, 1.54) is 0 Å². The lowest BCUT2D eigenvalue weighted by Crippen LogP contribution is -1.66. The first-order valence-electron chi connectivity index (χ1n) is 5.98. The molecule has 0 aliphatic heterocycles. The molecule has 1 aromatic rings. The average Bonchev–Trinajstić information content (AvgIpc) is 2.64. The van der Waals surface area contributed by atoms with Crippen LogP contribution in [0.25, 0.3) is 11.1 Å². The molecule has 3 rings (SSSR count). The Morgan fingerprint density at radius 3 is 2.05 bits per heavy atom. The summed E-state index contributed by atoms with van der Waals surface area (Å²) < 4.78 is 1.04. The Bertz CT molecular complexity index is 692. The molecule has 19 heavy (non-hydrogen) atoms. The number of fused-ring (bicyclic) bond motifs is 1. The molecular formula is C16H11BrN2. The van der Waals surface area contributed by atoms with Crippen LogP contribution in [0.2, 0.25) is 0 Å². The van der Waals surface area contributed by atoms with Crippen LogP contribution in [0.3, 0.4) is 0 Å². The predicted octanol–water partition coefficient (Wildman–Crippen LogP) is 5.97. The molecule has 0 fully saturated rings. The highest BCUT2D eigenvalue weighted by Crippen LogP contribution is 2.41. The molecule has 0 amide bonds. The van der Waals surface area contributed by atoms with E-state index in [9.17, 15) is 0 Å². The van der Waals surface area contributed by atoms with Crippen molar-refractivity contribution in [2.45, 2.75) is 0 Å². The summed E-state index contributed by atoms with van der Waals surface area (Å²) in [6, 6.07) is 21.9. The van der Waals surface area contributed by atoms with Gasteiger partial charge in [-0.3, -0.25) is 0 Å². The van der Waals surface area contributed by atoms with Gasteiger partial charge in [-0.25, -0.2) is 0 Å². The highest BCUT2D eigenvalue weighted by molar-refractivity contribution is 9.10. The molecule has 0 unspecified atom stereocenters. The van der Waals surface area contributed by atoms with Crippen LogP contribution in [-0.2, 0) is 0 Å². The van der Waals surface area contributed by atoms with Gasteiger partial charge in [-0.1, -0.05) is 64.5 Å². The van der Waals surface area contributed by atoms with Crippen LogP contribution in [0.1, 0.15) is 0 Å². The molecule has 1 aromatic carbocycles. The third-order valence-corrected chi connectivity index (χ3v) is 3.52. The van der Waals surface area contributed by atoms with E-state index in [1.807, 2.05) is 54.6 Å². The first-order chi connectivity index (χ1) is 9.34. The summed E-state index contributed by atoms with van der Waals surface area (Å²) >= 11 is 3.56. The van der Waals surface area contributed by atoms with E-state index in [2.05, 4.69) is 38.3 Å². The lowest BCUT2D eigenvalue weighted by atomic mass is 10.2. The summed E-state index contributed by atoms with van der Waals surface area (Å²) in [7, 11) is 0. The van der Waals surface area contributed by atoms with E-state index >= 15 is 0 Å². The Morgan fingerprint density at radius 2 is 1.32 bits per heavy atom. The van der Waals surface area contributed by atoms with Crippen LogP contribution in [0.15, 0.2) is 81.4 Å². The van der Waals surface area contributed by atoms with Crippen molar-refractivity contribution in [3.63, 3.8) is 0 Å². The molecular weight excluding hydrogens is 300 g/mol. The third-order valence-electron chi connectivity index (χ3n) is 2.86. The van der Waals surface area contributed by atoms with Crippen LogP contribution in [0, 0.1) is 0 Å². The average molecular weight is 311 g/mol. The Morgan fingerprint density at radius 1 is 0.684 bits per heavy atom. The van der Waals surface area contributed by atoms with Crippen molar-refractivity contribution in [3.05, 3.63) is 71.2 Å². The van der Waals surface area contributed by atoms with E-state index in [0.29, 0.717) is 0 Å². The molecule has 0 bridgehead atoms. The normalized spacial score (nSPS) is 11.2. The molecule has 0 saturated heterocycles. The van der Waals surface area contributed by atoms with Crippen LogP contribution >= 0.6 is 15.9 Å². The zero-order valence-corrected chi connectivity index (χ0v) is 11.7. The van der Waals surface area contributed by atoms with Gasteiger partial charge in [-0.2, -0.15) is 5.11 Å². The second-order valence-electron chi connectivity index (χ2n) is 4.15. The third kappa shape index (κ3) is 2.56. The van der Waals surface area contributed by atoms with Gasteiger partial charge in [0.1, 0.15) is 0 Å². The van der Waals surface area contributed by atoms with Crippen molar-refractivity contribution in [2.75, 3.05) is 0 Å². The second kappa shape index (κ2) is 5.33. The lowest BCUT2D eigenvalue weighted by Gasteiger charge is -1.94. The standard InChI is InChI=1S/C16H11BrN2/c17-15-11-16(14-10-6-2-5-9-13(14)15)19-18-12-7-3-1-4-8-12/h1-11H. The van der Waals surface area contributed by atoms with Gasteiger partial charge in [-0.05, 0) is 23.8 Å². The number of halogens is 1. The zero-order valence-electron chi connectivity index (χ0n) is 10.1. The minimum atomic E-state index is 0.855. The Labute approximate surface area is 120 Å². The molecule has 0 spiro atoms. The van der Waals surface area contributed by atoms with Crippen molar-refractivity contribution in [3.8, 4) is 11.1 Å². The quantitative estimate of drug-likeness (QED) is 0.521. The fourth-order valence-corrected chi connectivity index (χ4v) is 2.51. The fourth-order valence-electron chi connectivity index (χ4n) is 1.94. The van der Waals surface area contributed by atoms with Gasteiger partial charge >= 0.3 is 0 Å². The zero-order chi connectivity index (χ0) is 13.1. The first-order valence-corrected chi connectivity index (χ1v) is 6.78. The van der Waals surface area contributed by atoms with E-state index in [1.54, 1.807) is 0 Å². The van der Waals surface area contributed by atoms with E-state index < -0.39 is 0 Å². The lowest BCUT2D eigenvalue weighted by molar-refractivity contribution is 1.24. The summed E-state index contributed by atoms with van der Waals surface area (Å²) in [5.74, 6) is 0. The molecule has 0 atom stereocenters. The number of azo groups is 1. The fraction of sp³-hybridized carbons (Fsp3) is 0. The van der Waals surface area contributed by atoms with Gasteiger partial charge in [0.2, 0.25) is 0 Å².